The lowest BCUT2D eigenvalue weighted by Gasteiger charge is -2.11. The van der Waals surface area contributed by atoms with Crippen LogP contribution >= 0.6 is 11.6 Å². The number of halogens is 1. The van der Waals surface area contributed by atoms with E-state index in [4.69, 9.17) is 11.6 Å². The molecule has 0 saturated carbocycles. The lowest BCUT2D eigenvalue weighted by Crippen LogP contribution is -2.05. The molecule has 0 N–H and O–H groups in total. The zero-order valence-corrected chi connectivity index (χ0v) is 10.9. The van der Waals surface area contributed by atoms with Crippen LogP contribution in [0.4, 0.5) is 0 Å². The Hall–Kier alpha value is -0.870. The van der Waals surface area contributed by atoms with Crippen molar-refractivity contribution in [2.45, 2.75) is 24.7 Å². The van der Waals surface area contributed by atoms with E-state index in [0.29, 0.717) is 5.56 Å². The van der Waals surface area contributed by atoms with E-state index in [9.17, 15) is 13.2 Å². The Bertz CT molecular complexity index is 518. The molecule has 0 aliphatic carbocycles. The SMILES string of the molecule is CC(C)c1ccc(C(=O)Cl)cc1S(C)(=O)=O. The molecule has 5 heteroatoms. The van der Waals surface area contributed by atoms with Crippen LogP contribution in [0.3, 0.4) is 0 Å². The van der Waals surface area contributed by atoms with E-state index in [1.165, 1.54) is 6.07 Å². The van der Waals surface area contributed by atoms with Crippen LogP contribution in [-0.2, 0) is 9.84 Å². The molecule has 16 heavy (non-hydrogen) atoms. The summed E-state index contributed by atoms with van der Waals surface area (Å²) in [5.41, 5.74) is 0.899. The predicted molar refractivity (Wildman–Crippen MR) is 63.8 cm³/mol. The summed E-state index contributed by atoms with van der Waals surface area (Å²) in [6.45, 7) is 3.79. The molecule has 0 amide bonds. The molecule has 0 heterocycles. The van der Waals surface area contributed by atoms with Gasteiger partial charge in [-0.15, -0.1) is 0 Å². The van der Waals surface area contributed by atoms with Crippen molar-refractivity contribution in [3.8, 4) is 0 Å². The van der Waals surface area contributed by atoms with E-state index in [0.717, 1.165) is 6.26 Å². The highest BCUT2D eigenvalue weighted by atomic mass is 35.5. The summed E-state index contributed by atoms with van der Waals surface area (Å²) in [6, 6.07) is 4.51. The quantitative estimate of drug-likeness (QED) is 0.785. The van der Waals surface area contributed by atoms with Gasteiger partial charge in [0, 0.05) is 11.8 Å². The maximum atomic E-state index is 11.6. The smallest absolute Gasteiger partial charge is 0.252 e. The van der Waals surface area contributed by atoms with Gasteiger partial charge in [0.05, 0.1) is 4.90 Å². The largest absolute Gasteiger partial charge is 0.276 e. The number of hydrogen-bond acceptors (Lipinski definition) is 3. The summed E-state index contributed by atoms with van der Waals surface area (Å²) in [5.74, 6) is 0.0733. The van der Waals surface area contributed by atoms with Gasteiger partial charge in [-0.2, -0.15) is 0 Å². The van der Waals surface area contributed by atoms with Gasteiger partial charge in [-0.25, -0.2) is 8.42 Å². The maximum Gasteiger partial charge on any atom is 0.252 e. The lowest BCUT2D eigenvalue weighted by molar-refractivity contribution is 0.108. The van der Waals surface area contributed by atoms with E-state index < -0.39 is 15.1 Å². The molecule has 0 aliphatic rings. The first-order chi connectivity index (χ1) is 7.23. The second-order valence-corrected chi connectivity index (χ2v) is 6.28. The monoisotopic (exact) mass is 260 g/mol. The number of sulfone groups is 1. The number of hydrogen-bond donors (Lipinski definition) is 0. The summed E-state index contributed by atoms with van der Waals surface area (Å²) in [4.78, 5) is 11.2. The molecular formula is C11H13ClO3S. The molecule has 0 aromatic heterocycles. The van der Waals surface area contributed by atoms with Crippen LogP contribution in [0.2, 0.25) is 0 Å². The highest BCUT2D eigenvalue weighted by Crippen LogP contribution is 2.25. The second kappa shape index (κ2) is 4.55. The van der Waals surface area contributed by atoms with E-state index in [1.54, 1.807) is 12.1 Å². The Kier molecular flexibility index (Phi) is 3.76. The Morgan fingerprint density at radius 1 is 1.31 bits per heavy atom. The molecule has 0 saturated heterocycles. The van der Waals surface area contributed by atoms with Crippen molar-refractivity contribution < 1.29 is 13.2 Å². The second-order valence-electron chi connectivity index (χ2n) is 3.95. The van der Waals surface area contributed by atoms with Gasteiger partial charge in [0.1, 0.15) is 0 Å². The first kappa shape index (κ1) is 13.2. The molecule has 0 fully saturated rings. The van der Waals surface area contributed by atoms with Crippen LogP contribution in [0.1, 0.15) is 35.7 Å². The summed E-state index contributed by atoms with van der Waals surface area (Å²) in [6.07, 6.45) is 1.12. The Labute approximate surface area is 100 Å². The van der Waals surface area contributed by atoms with Crippen molar-refractivity contribution in [1.82, 2.24) is 0 Å². The number of benzene rings is 1. The molecule has 1 aromatic rings. The van der Waals surface area contributed by atoms with Gasteiger partial charge in [0.2, 0.25) is 0 Å². The van der Waals surface area contributed by atoms with E-state index in [2.05, 4.69) is 0 Å². The van der Waals surface area contributed by atoms with Crippen LogP contribution < -0.4 is 0 Å². The van der Waals surface area contributed by atoms with Crippen LogP contribution in [0.15, 0.2) is 23.1 Å². The fourth-order valence-corrected chi connectivity index (χ4v) is 2.65. The predicted octanol–water partition coefficient (Wildman–Crippen LogP) is 2.59. The van der Waals surface area contributed by atoms with Gasteiger partial charge in [-0.1, -0.05) is 19.9 Å². The van der Waals surface area contributed by atoms with Crippen molar-refractivity contribution in [1.29, 1.82) is 0 Å². The molecule has 0 bridgehead atoms. The molecule has 3 nitrogen and oxygen atoms in total. The van der Waals surface area contributed by atoms with Gasteiger partial charge in [0.25, 0.3) is 5.24 Å². The summed E-state index contributed by atoms with van der Waals surface area (Å²) < 4.78 is 23.2. The molecule has 1 aromatic carbocycles. The average Bonchev–Trinajstić information content (AvgIpc) is 2.15. The Balaban J connectivity index is 3.51. The van der Waals surface area contributed by atoms with Crippen LogP contribution in [0, 0.1) is 0 Å². The van der Waals surface area contributed by atoms with Crippen molar-refractivity contribution in [2.24, 2.45) is 0 Å². The third kappa shape index (κ3) is 2.83. The van der Waals surface area contributed by atoms with Crippen molar-refractivity contribution in [3.05, 3.63) is 29.3 Å². The summed E-state index contributed by atoms with van der Waals surface area (Å²) >= 11 is 5.32. The van der Waals surface area contributed by atoms with Crippen molar-refractivity contribution >= 4 is 26.7 Å². The normalized spacial score (nSPS) is 11.8. The summed E-state index contributed by atoms with van der Waals surface area (Å²) in [5, 5.41) is -0.653. The highest BCUT2D eigenvalue weighted by Gasteiger charge is 2.17. The number of rotatable bonds is 3. The topological polar surface area (TPSA) is 51.2 Å². The molecule has 0 atom stereocenters. The fraction of sp³-hybridized carbons (Fsp3) is 0.364. The molecular weight excluding hydrogens is 248 g/mol. The minimum atomic E-state index is -3.35. The zero-order chi connectivity index (χ0) is 12.5. The van der Waals surface area contributed by atoms with Gasteiger partial charge >= 0.3 is 0 Å². The minimum Gasteiger partial charge on any atom is -0.276 e. The lowest BCUT2D eigenvalue weighted by atomic mass is 10.0. The van der Waals surface area contributed by atoms with Crippen LogP contribution in [-0.4, -0.2) is 19.9 Å². The van der Waals surface area contributed by atoms with Gasteiger partial charge in [0.15, 0.2) is 9.84 Å². The van der Waals surface area contributed by atoms with E-state index in [-0.39, 0.29) is 16.4 Å². The summed E-state index contributed by atoms with van der Waals surface area (Å²) in [7, 11) is -3.35. The molecule has 0 aliphatic heterocycles. The Morgan fingerprint density at radius 3 is 2.25 bits per heavy atom. The highest BCUT2D eigenvalue weighted by molar-refractivity contribution is 7.90. The molecule has 0 unspecified atom stereocenters. The molecule has 1 rings (SSSR count). The third-order valence-corrected chi connectivity index (χ3v) is 3.63. The fourth-order valence-electron chi connectivity index (χ4n) is 1.45. The Morgan fingerprint density at radius 2 is 1.88 bits per heavy atom. The first-order valence-electron chi connectivity index (χ1n) is 4.77. The third-order valence-electron chi connectivity index (χ3n) is 2.26. The molecule has 0 spiro atoms. The first-order valence-corrected chi connectivity index (χ1v) is 7.04. The standard InChI is InChI=1S/C11H13ClO3S/c1-7(2)9-5-4-8(11(12)13)6-10(9)16(3,14)15/h4-7H,1-3H3. The van der Waals surface area contributed by atoms with Gasteiger partial charge in [-0.3, -0.25) is 4.79 Å². The van der Waals surface area contributed by atoms with E-state index in [1.807, 2.05) is 13.8 Å². The van der Waals surface area contributed by atoms with Crippen LogP contribution in [0.5, 0.6) is 0 Å². The van der Waals surface area contributed by atoms with E-state index >= 15 is 0 Å². The zero-order valence-electron chi connectivity index (χ0n) is 9.32. The number of carbonyl (C=O) groups is 1. The maximum absolute atomic E-state index is 11.6. The van der Waals surface area contributed by atoms with Gasteiger partial charge in [-0.05, 0) is 35.2 Å². The molecule has 0 radical (unpaired) electrons. The minimum absolute atomic E-state index is 0.0733. The van der Waals surface area contributed by atoms with Crippen LogP contribution in [0.25, 0.3) is 0 Å². The van der Waals surface area contributed by atoms with Gasteiger partial charge < -0.3 is 0 Å². The average molecular weight is 261 g/mol. The molecule has 88 valence electrons. The number of carbonyl (C=O) groups excluding carboxylic acids is 1. The van der Waals surface area contributed by atoms with Crippen molar-refractivity contribution in [3.63, 3.8) is 0 Å². The van der Waals surface area contributed by atoms with Crippen molar-refractivity contribution in [2.75, 3.05) is 6.26 Å².